The van der Waals surface area contributed by atoms with Gasteiger partial charge in [0.15, 0.2) is 0 Å². The van der Waals surface area contributed by atoms with E-state index in [0.29, 0.717) is 32.7 Å². The summed E-state index contributed by atoms with van der Waals surface area (Å²) < 4.78 is 10.9. The number of ether oxygens (including phenoxy) is 2. The molecule has 3 rings (SSSR count). The number of likely N-dealkylation sites (tertiary alicyclic amines) is 1. The first-order valence-electron chi connectivity index (χ1n) is 9.07. The Balaban J connectivity index is 1.53. The van der Waals surface area contributed by atoms with Gasteiger partial charge in [0.2, 0.25) is 5.91 Å². The molecule has 1 aromatic rings. The zero-order valence-corrected chi connectivity index (χ0v) is 14.8. The SMILES string of the molecule is COc1ccccc1CNC(=O)CN1CCCC1C1COCCC1O. The monoisotopic (exact) mass is 348 g/mol. The quantitative estimate of drug-likeness (QED) is 0.808. The molecule has 0 bridgehead atoms. The molecule has 3 unspecified atom stereocenters. The minimum atomic E-state index is -0.323. The summed E-state index contributed by atoms with van der Waals surface area (Å²) in [6.07, 6.45) is 2.45. The minimum absolute atomic E-state index is 0.00373. The molecule has 0 saturated carbocycles. The normalized spacial score (nSPS) is 27.2. The van der Waals surface area contributed by atoms with Crippen LogP contribution in [-0.2, 0) is 16.1 Å². The van der Waals surface area contributed by atoms with Crippen LogP contribution in [0.25, 0.3) is 0 Å². The van der Waals surface area contributed by atoms with Crippen LogP contribution < -0.4 is 10.1 Å². The van der Waals surface area contributed by atoms with Crippen LogP contribution in [0.3, 0.4) is 0 Å². The van der Waals surface area contributed by atoms with Crippen LogP contribution in [0.2, 0.25) is 0 Å². The number of rotatable bonds is 6. The highest BCUT2D eigenvalue weighted by Gasteiger charge is 2.38. The van der Waals surface area contributed by atoms with Gasteiger partial charge in [0.05, 0.1) is 26.4 Å². The van der Waals surface area contributed by atoms with Gasteiger partial charge in [-0.25, -0.2) is 0 Å². The van der Waals surface area contributed by atoms with Crippen molar-refractivity contribution in [2.45, 2.75) is 38.0 Å². The van der Waals surface area contributed by atoms with Gasteiger partial charge in [0, 0.05) is 30.7 Å². The molecule has 2 N–H and O–H groups in total. The van der Waals surface area contributed by atoms with Gasteiger partial charge in [-0.1, -0.05) is 18.2 Å². The lowest BCUT2D eigenvalue weighted by atomic mass is 9.89. The lowest BCUT2D eigenvalue weighted by Crippen LogP contribution is -2.48. The van der Waals surface area contributed by atoms with Crippen molar-refractivity contribution in [2.75, 3.05) is 33.4 Å². The van der Waals surface area contributed by atoms with Crippen LogP contribution in [-0.4, -0.2) is 61.5 Å². The number of amides is 1. The molecule has 2 saturated heterocycles. The maximum Gasteiger partial charge on any atom is 0.234 e. The molecule has 2 aliphatic heterocycles. The Labute approximate surface area is 149 Å². The zero-order valence-electron chi connectivity index (χ0n) is 14.8. The second-order valence-corrected chi connectivity index (χ2v) is 6.86. The number of carbonyl (C=O) groups is 1. The van der Waals surface area contributed by atoms with Gasteiger partial charge in [0.1, 0.15) is 5.75 Å². The molecular formula is C19H28N2O4. The number of carbonyl (C=O) groups excluding carboxylic acids is 1. The summed E-state index contributed by atoms with van der Waals surface area (Å²) in [5.41, 5.74) is 0.965. The maximum atomic E-state index is 12.4. The van der Waals surface area contributed by atoms with E-state index in [1.165, 1.54) is 0 Å². The molecule has 0 aromatic heterocycles. The summed E-state index contributed by atoms with van der Waals surface area (Å²) in [5, 5.41) is 13.3. The van der Waals surface area contributed by atoms with Gasteiger partial charge in [-0.15, -0.1) is 0 Å². The molecule has 1 aromatic carbocycles. The summed E-state index contributed by atoms with van der Waals surface area (Å²) in [4.78, 5) is 14.6. The highest BCUT2D eigenvalue weighted by atomic mass is 16.5. The summed E-state index contributed by atoms with van der Waals surface area (Å²) in [7, 11) is 1.63. The highest BCUT2D eigenvalue weighted by molar-refractivity contribution is 5.78. The van der Waals surface area contributed by atoms with Crippen LogP contribution in [0.4, 0.5) is 0 Å². The molecule has 2 fully saturated rings. The molecule has 0 radical (unpaired) electrons. The van der Waals surface area contributed by atoms with Crippen LogP contribution in [0.1, 0.15) is 24.8 Å². The molecule has 6 heteroatoms. The Hall–Kier alpha value is -1.63. The van der Waals surface area contributed by atoms with Crippen molar-refractivity contribution in [1.82, 2.24) is 10.2 Å². The highest BCUT2D eigenvalue weighted by Crippen LogP contribution is 2.29. The van der Waals surface area contributed by atoms with E-state index in [2.05, 4.69) is 10.2 Å². The lowest BCUT2D eigenvalue weighted by Gasteiger charge is -2.36. The second kappa shape index (κ2) is 8.65. The molecule has 25 heavy (non-hydrogen) atoms. The Morgan fingerprint density at radius 2 is 2.24 bits per heavy atom. The van der Waals surface area contributed by atoms with Gasteiger partial charge in [-0.05, 0) is 31.9 Å². The van der Waals surface area contributed by atoms with Gasteiger partial charge in [0.25, 0.3) is 0 Å². The molecule has 2 heterocycles. The Kier molecular flexibility index (Phi) is 6.29. The van der Waals surface area contributed by atoms with Crippen LogP contribution in [0.5, 0.6) is 5.75 Å². The largest absolute Gasteiger partial charge is 0.496 e. The number of hydrogen-bond acceptors (Lipinski definition) is 5. The van der Waals surface area contributed by atoms with Crippen LogP contribution in [0.15, 0.2) is 24.3 Å². The number of methoxy groups -OCH3 is 1. The lowest BCUT2D eigenvalue weighted by molar-refractivity contribution is -0.124. The fourth-order valence-electron chi connectivity index (χ4n) is 3.93. The fraction of sp³-hybridized carbons (Fsp3) is 0.632. The standard InChI is InChI=1S/C19H28N2O4/c1-24-18-7-3-2-5-14(18)11-20-19(23)12-21-9-4-6-16(21)15-13-25-10-8-17(15)22/h2-3,5,7,15-17,22H,4,6,8-13H2,1H3,(H,20,23). The van der Waals surface area contributed by atoms with E-state index < -0.39 is 0 Å². The van der Waals surface area contributed by atoms with E-state index in [9.17, 15) is 9.90 Å². The van der Waals surface area contributed by atoms with Crippen molar-refractivity contribution in [3.05, 3.63) is 29.8 Å². The fourth-order valence-corrected chi connectivity index (χ4v) is 3.93. The Morgan fingerprint density at radius 1 is 1.40 bits per heavy atom. The molecule has 2 aliphatic rings. The minimum Gasteiger partial charge on any atom is -0.496 e. The number of aliphatic hydroxyl groups excluding tert-OH is 1. The Bertz CT molecular complexity index is 580. The maximum absolute atomic E-state index is 12.4. The van der Waals surface area contributed by atoms with Gasteiger partial charge in [-0.3, -0.25) is 9.69 Å². The van der Waals surface area contributed by atoms with Gasteiger partial charge < -0.3 is 19.9 Å². The third-order valence-electron chi connectivity index (χ3n) is 5.29. The third kappa shape index (κ3) is 4.51. The van der Waals surface area contributed by atoms with Crippen molar-refractivity contribution in [2.24, 2.45) is 5.92 Å². The zero-order chi connectivity index (χ0) is 17.6. The predicted octanol–water partition coefficient (Wildman–Crippen LogP) is 1.17. The van der Waals surface area contributed by atoms with Crippen molar-refractivity contribution < 1.29 is 19.4 Å². The first kappa shape index (κ1) is 18.2. The van der Waals surface area contributed by atoms with E-state index >= 15 is 0 Å². The van der Waals surface area contributed by atoms with Crippen LogP contribution >= 0.6 is 0 Å². The van der Waals surface area contributed by atoms with Crippen molar-refractivity contribution in [3.8, 4) is 5.75 Å². The molecule has 6 nitrogen and oxygen atoms in total. The summed E-state index contributed by atoms with van der Waals surface area (Å²) in [6, 6.07) is 7.92. The topological polar surface area (TPSA) is 71.0 Å². The third-order valence-corrected chi connectivity index (χ3v) is 5.29. The van der Waals surface area contributed by atoms with Crippen molar-refractivity contribution >= 4 is 5.91 Å². The first-order valence-corrected chi connectivity index (χ1v) is 9.07. The number of benzene rings is 1. The number of hydrogen-bond donors (Lipinski definition) is 2. The average molecular weight is 348 g/mol. The van der Waals surface area contributed by atoms with E-state index in [0.717, 1.165) is 30.7 Å². The number of para-hydroxylation sites is 1. The molecule has 0 spiro atoms. The second-order valence-electron chi connectivity index (χ2n) is 6.86. The number of aliphatic hydroxyl groups is 1. The predicted molar refractivity (Wildman–Crippen MR) is 94.4 cm³/mol. The smallest absolute Gasteiger partial charge is 0.234 e. The molecule has 0 aliphatic carbocycles. The Morgan fingerprint density at radius 3 is 3.04 bits per heavy atom. The van der Waals surface area contributed by atoms with E-state index in [-0.39, 0.29) is 24.0 Å². The molecular weight excluding hydrogens is 320 g/mol. The number of nitrogens with one attached hydrogen (secondary N) is 1. The summed E-state index contributed by atoms with van der Waals surface area (Å²) >= 11 is 0. The van der Waals surface area contributed by atoms with E-state index in [1.807, 2.05) is 24.3 Å². The average Bonchev–Trinajstić information content (AvgIpc) is 3.08. The molecule has 1 amide bonds. The molecule has 3 atom stereocenters. The summed E-state index contributed by atoms with van der Waals surface area (Å²) in [6.45, 7) is 2.93. The first-order chi connectivity index (χ1) is 12.2. The van der Waals surface area contributed by atoms with Gasteiger partial charge in [-0.2, -0.15) is 0 Å². The van der Waals surface area contributed by atoms with Gasteiger partial charge >= 0.3 is 0 Å². The molecule has 138 valence electrons. The van der Waals surface area contributed by atoms with Crippen molar-refractivity contribution in [3.63, 3.8) is 0 Å². The van der Waals surface area contributed by atoms with E-state index in [1.54, 1.807) is 7.11 Å². The summed E-state index contributed by atoms with van der Waals surface area (Å²) in [5.74, 6) is 0.895. The van der Waals surface area contributed by atoms with Crippen molar-refractivity contribution in [1.29, 1.82) is 0 Å². The van der Waals surface area contributed by atoms with E-state index in [4.69, 9.17) is 9.47 Å². The number of nitrogens with zero attached hydrogens (tertiary/aromatic N) is 1. The van der Waals surface area contributed by atoms with Crippen LogP contribution in [0, 0.1) is 5.92 Å².